The van der Waals surface area contributed by atoms with Crippen molar-refractivity contribution in [2.24, 2.45) is 5.92 Å². The molecule has 0 amide bonds. The number of carbonyl (C=O) groups is 1. The number of rotatable bonds is 21. The Morgan fingerprint density at radius 1 is 0.704 bits per heavy atom. The van der Waals surface area contributed by atoms with Gasteiger partial charge < -0.3 is 4.74 Å². The zero-order valence-electron chi connectivity index (χ0n) is 18.6. The van der Waals surface area contributed by atoms with Gasteiger partial charge in [-0.2, -0.15) is 0 Å². The Morgan fingerprint density at radius 2 is 1.07 bits per heavy atom. The van der Waals surface area contributed by atoms with Crippen LogP contribution >= 0.6 is 0 Å². The molecule has 0 atom stereocenters. The summed E-state index contributed by atoms with van der Waals surface area (Å²) in [4.78, 5) is 11.4. The zero-order chi connectivity index (χ0) is 20.0. The molecule has 0 unspecified atom stereocenters. The third-order valence-corrected chi connectivity index (χ3v) is 5.56. The van der Waals surface area contributed by atoms with Crippen molar-refractivity contribution in [3.8, 4) is 0 Å². The highest BCUT2D eigenvalue weighted by Gasteiger charge is 2.11. The molecule has 0 rings (SSSR count). The molecule has 2 nitrogen and oxygen atoms in total. The molecule has 0 aliphatic carbocycles. The number of carbonyl (C=O) groups excluding carboxylic acids is 1. The van der Waals surface area contributed by atoms with E-state index in [1.165, 1.54) is 122 Å². The number of hydrogen-bond acceptors (Lipinski definition) is 2. The topological polar surface area (TPSA) is 26.3 Å². The maximum atomic E-state index is 11.4. The average molecular weight is 381 g/mol. The third-order valence-electron chi connectivity index (χ3n) is 5.56. The molecule has 0 spiro atoms. The van der Waals surface area contributed by atoms with Gasteiger partial charge in [0.15, 0.2) is 0 Å². The summed E-state index contributed by atoms with van der Waals surface area (Å²) in [6, 6.07) is 0. The summed E-state index contributed by atoms with van der Waals surface area (Å²) >= 11 is 0. The van der Waals surface area contributed by atoms with E-state index < -0.39 is 0 Å². The molecule has 0 radical (unpaired) electrons. The summed E-state index contributed by atoms with van der Waals surface area (Å²) in [7, 11) is 0. The van der Waals surface area contributed by atoms with E-state index >= 15 is 0 Å². The maximum Gasteiger partial charge on any atom is 0.330 e. The Kier molecular flexibility index (Phi) is 20.9. The highest BCUT2D eigenvalue weighted by molar-refractivity contribution is 5.81. The lowest BCUT2D eigenvalue weighted by Gasteiger charge is -2.16. The summed E-state index contributed by atoms with van der Waals surface area (Å²) in [5.41, 5.74) is 0. The molecule has 0 aromatic rings. The van der Waals surface area contributed by atoms with Gasteiger partial charge in [0.25, 0.3) is 0 Å². The van der Waals surface area contributed by atoms with Gasteiger partial charge in [-0.3, -0.25) is 0 Å². The van der Waals surface area contributed by atoms with Gasteiger partial charge >= 0.3 is 5.97 Å². The second-order valence-electron chi connectivity index (χ2n) is 8.23. The molecule has 0 aromatic carbocycles. The third kappa shape index (κ3) is 19.8. The van der Waals surface area contributed by atoms with Crippen molar-refractivity contribution in [3.05, 3.63) is 12.7 Å². The van der Waals surface area contributed by atoms with Crippen LogP contribution in [0.15, 0.2) is 12.7 Å². The molecule has 0 saturated heterocycles. The molecule has 160 valence electrons. The van der Waals surface area contributed by atoms with Crippen LogP contribution in [-0.4, -0.2) is 12.6 Å². The molecular weight excluding hydrogens is 332 g/mol. The van der Waals surface area contributed by atoms with E-state index in [-0.39, 0.29) is 5.97 Å². The Balaban J connectivity index is 3.80. The van der Waals surface area contributed by atoms with Crippen molar-refractivity contribution in [2.75, 3.05) is 6.61 Å². The van der Waals surface area contributed by atoms with Crippen molar-refractivity contribution >= 4 is 5.97 Å². The standard InChI is InChI=1S/C25H48O2/c1-4-7-9-11-13-15-17-19-21-24(23-27-25(26)6-3)22-20-18-16-14-12-10-8-5-2/h6,24H,3-5,7-23H2,1-2H3. The molecular formula is C25H48O2. The van der Waals surface area contributed by atoms with Gasteiger partial charge in [-0.05, 0) is 18.8 Å². The maximum absolute atomic E-state index is 11.4. The van der Waals surface area contributed by atoms with Crippen LogP contribution in [0.3, 0.4) is 0 Å². The van der Waals surface area contributed by atoms with Crippen LogP contribution in [-0.2, 0) is 9.53 Å². The first-order chi connectivity index (χ1) is 13.2. The van der Waals surface area contributed by atoms with Crippen molar-refractivity contribution in [2.45, 2.75) is 129 Å². The van der Waals surface area contributed by atoms with Gasteiger partial charge in [0.1, 0.15) is 0 Å². The van der Waals surface area contributed by atoms with E-state index in [2.05, 4.69) is 20.4 Å². The summed E-state index contributed by atoms with van der Waals surface area (Å²) in [6.07, 6.45) is 25.4. The van der Waals surface area contributed by atoms with Crippen molar-refractivity contribution in [3.63, 3.8) is 0 Å². The lowest BCUT2D eigenvalue weighted by molar-refractivity contribution is -0.139. The lowest BCUT2D eigenvalue weighted by atomic mass is 9.94. The first-order valence-electron chi connectivity index (χ1n) is 12.0. The van der Waals surface area contributed by atoms with Crippen LogP contribution in [0.5, 0.6) is 0 Å². The van der Waals surface area contributed by atoms with Crippen LogP contribution in [0.2, 0.25) is 0 Å². The van der Waals surface area contributed by atoms with Crippen LogP contribution in [0, 0.1) is 5.92 Å². The van der Waals surface area contributed by atoms with E-state index in [4.69, 9.17) is 4.74 Å². The smallest absolute Gasteiger partial charge is 0.330 e. The summed E-state index contributed by atoms with van der Waals surface area (Å²) in [5.74, 6) is 0.265. The van der Waals surface area contributed by atoms with E-state index in [0.29, 0.717) is 12.5 Å². The minimum atomic E-state index is -0.271. The molecule has 2 heteroatoms. The fourth-order valence-electron chi connectivity index (χ4n) is 3.70. The van der Waals surface area contributed by atoms with Gasteiger partial charge in [0, 0.05) is 6.08 Å². The van der Waals surface area contributed by atoms with E-state index in [9.17, 15) is 4.79 Å². The van der Waals surface area contributed by atoms with Gasteiger partial charge in [0.05, 0.1) is 6.61 Å². The number of hydrogen-bond donors (Lipinski definition) is 0. The first-order valence-corrected chi connectivity index (χ1v) is 12.0. The van der Waals surface area contributed by atoms with Gasteiger partial charge in [-0.1, -0.05) is 123 Å². The van der Waals surface area contributed by atoms with Crippen molar-refractivity contribution in [1.82, 2.24) is 0 Å². The fraction of sp³-hybridized carbons (Fsp3) is 0.880. The number of unbranched alkanes of at least 4 members (excludes halogenated alkanes) is 14. The minimum absolute atomic E-state index is 0.271. The normalized spacial score (nSPS) is 11.1. The Labute approximate surface area is 170 Å². The largest absolute Gasteiger partial charge is 0.462 e. The second-order valence-corrected chi connectivity index (χ2v) is 8.23. The molecule has 0 N–H and O–H groups in total. The zero-order valence-corrected chi connectivity index (χ0v) is 18.6. The minimum Gasteiger partial charge on any atom is -0.462 e. The van der Waals surface area contributed by atoms with E-state index in [1.54, 1.807) is 0 Å². The monoisotopic (exact) mass is 380 g/mol. The highest BCUT2D eigenvalue weighted by Crippen LogP contribution is 2.20. The predicted molar refractivity (Wildman–Crippen MR) is 119 cm³/mol. The molecule has 0 heterocycles. The number of esters is 1. The Bertz CT molecular complexity index is 304. The summed E-state index contributed by atoms with van der Waals surface area (Å²) in [5, 5.41) is 0. The molecule has 0 saturated carbocycles. The number of ether oxygens (including phenoxy) is 1. The molecule has 0 fully saturated rings. The van der Waals surface area contributed by atoms with Gasteiger partial charge in [-0.25, -0.2) is 4.79 Å². The highest BCUT2D eigenvalue weighted by atomic mass is 16.5. The summed E-state index contributed by atoms with van der Waals surface area (Å²) < 4.78 is 5.34. The Morgan fingerprint density at radius 3 is 1.44 bits per heavy atom. The fourth-order valence-corrected chi connectivity index (χ4v) is 3.70. The summed E-state index contributed by atoms with van der Waals surface area (Å²) in [6.45, 7) is 8.62. The van der Waals surface area contributed by atoms with Crippen LogP contribution in [0.1, 0.15) is 129 Å². The van der Waals surface area contributed by atoms with Crippen LogP contribution < -0.4 is 0 Å². The molecule has 0 aromatic heterocycles. The lowest BCUT2D eigenvalue weighted by Crippen LogP contribution is -2.13. The quantitative estimate of drug-likeness (QED) is 0.113. The molecule has 0 aliphatic rings. The second kappa shape index (κ2) is 21.5. The van der Waals surface area contributed by atoms with Crippen LogP contribution in [0.25, 0.3) is 0 Å². The van der Waals surface area contributed by atoms with Gasteiger partial charge in [-0.15, -0.1) is 0 Å². The Hall–Kier alpha value is -0.790. The van der Waals surface area contributed by atoms with Crippen molar-refractivity contribution in [1.29, 1.82) is 0 Å². The predicted octanol–water partition coefficient (Wildman–Crippen LogP) is 8.39. The van der Waals surface area contributed by atoms with Crippen LogP contribution in [0.4, 0.5) is 0 Å². The van der Waals surface area contributed by atoms with E-state index in [1.807, 2.05) is 0 Å². The average Bonchev–Trinajstić information content (AvgIpc) is 2.69. The first kappa shape index (κ1) is 26.2. The molecule has 0 aliphatic heterocycles. The van der Waals surface area contributed by atoms with E-state index in [0.717, 1.165) is 0 Å². The molecule has 27 heavy (non-hydrogen) atoms. The SMILES string of the molecule is C=CC(=O)OCC(CCCCCCCCCC)CCCCCCCCCC. The van der Waals surface area contributed by atoms with Gasteiger partial charge in [0.2, 0.25) is 0 Å². The van der Waals surface area contributed by atoms with Crippen molar-refractivity contribution < 1.29 is 9.53 Å². The molecule has 0 bridgehead atoms.